The molecule has 0 saturated heterocycles. The zero-order valence-corrected chi connectivity index (χ0v) is 16.7. The smallest absolute Gasteiger partial charge is 0.336 e. The quantitative estimate of drug-likeness (QED) is 0.677. The molecule has 2 atom stereocenters. The summed E-state index contributed by atoms with van der Waals surface area (Å²) < 4.78 is 41.4. The van der Waals surface area contributed by atoms with Crippen molar-refractivity contribution in [3.05, 3.63) is 35.4 Å². The number of hydrogen-bond acceptors (Lipinski definition) is 3. The summed E-state index contributed by atoms with van der Waals surface area (Å²) in [5.41, 5.74) is 0.103. The predicted octanol–water partition coefficient (Wildman–Crippen LogP) is 4.59. The van der Waals surface area contributed by atoms with E-state index in [0.29, 0.717) is 12.8 Å². The van der Waals surface area contributed by atoms with Gasteiger partial charge in [-0.2, -0.15) is 18.4 Å². The summed E-state index contributed by atoms with van der Waals surface area (Å²) in [4.78, 5) is 12.6. The van der Waals surface area contributed by atoms with Gasteiger partial charge in [0.2, 0.25) is 5.91 Å². The Morgan fingerprint density at radius 2 is 1.68 bits per heavy atom. The molecule has 1 saturated carbocycles. The van der Waals surface area contributed by atoms with Gasteiger partial charge in [0, 0.05) is 0 Å². The van der Waals surface area contributed by atoms with Crippen LogP contribution in [0.25, 0.3) is 0 Å². The summed E-state index contributed by atoms with van der Waals surface area (Å²) in [7, 11) is 0. The zero-order chi connectivity index (χ0) is 21.1. The second-order valence-electron chi connectivity index (χ2n) is 8.33. The lowest BCUT2D eigenvalue weighted by Gasteiger charge is -2.29. The van der Waals surface area contributed by atoms with Gasteiger partial charge in [-0.15, -0.1) is 0 Å². The van der Waals surface area contributed by atoms with Gasteiger partial charge in [-0.3, -0.25) is 10.1 Å². The molecule has 0 radical (unpaired) electrons. The summed E-state index contributed by atoms with van der Waals surface area (Å²) in [5, 5.41) is 14.3. The van der Waals surface area contributed by atoms with Crippen molar-refractivity contribution in [1.29, 1.82) is 5.26 Å². The Morgan fingerprint density at radius 1 is 1.14 bits per heavy atom. The molecule has 0 aliphatic heterocycles. The highest BCUT2D eigenvalue weighted by atomic mass is 19.4. The van der Waals surface area contributed by atoms with Gasteiger partial charge in [-0.05, 0) is 42.2 Å². The summed E-state index contributed by atoms with van der Waals surface area (Å²) in [6.45, 7) is 7.64. The third-order valence-corrected chi connectivity index (χ3v) is 4.98. The van der Waals surface area contributed by atoms with E-state index in [1.165, 1.54) is 12.1 Å². The van der Waals surface area contributed by atoms with E-state index in [1.54, 1.807) is 12.1 Å². The second kappa shape index (κ2) is 8.52. The molecule has 0 heterocycles. The van der Waals surface area contributed by atoms with Crippen molar-refractivity contribution in [3.63, 3.8) is 0 Å². The van der Waals surface area contributed by atoms with Crippen LogP contribution in [-0.2, 0) is 4.79 Å². The van der Waals surface area contributed by atoms with Crippen LogP contribution in [0, 0.1) is 17.2 Å². The third-order valence-electron chi connectivity index (χ3n) is 4.98. The number of rotatable bonds is 8. The van der Waals surface area contributed by atoms with Crippen LogP contribution in [0.4, 0.5) is 13.2 Å². The van der Waals surface area contributed by atoms with Gasteiger partial charge in [0.1, 0.15) is 11.6 Å². The minimum atomic E-state index is -4.55. The van der Waals surface area contributed by atoms with E-state index in [-0.39, 0.29) is 23.8 Å². The van der Waals surface area contributed by atoms with Crippen LogP contribution >= 0.6 is 0 Å². The molecule has 2 N–H and O–H groups in total. The van der Waals surface area contributed by atoms with E-state index in [9.17, 15) is 18.0 Å². The van der Waals surface area contributed by atoms with Gasteiger partial charge in [0.05, 0.1) is 12.1 Å². The maximum Gasteiger partial charge on any atom is 0.407 e. The zero-order valence-electron chi connectivity index (χ0n) is 16.7. The Morgan fingerprint density at radius 3 is 2.07 bits per heavy atom. The number of amides is 1. The Hall–Kier alpha value is -2.07. The average molecular weight is 395 g/mol. The fourth-order valence-electron chi connectivity index (χ4n) is 3.09. The minimum Gasteiger partial charge on any atom is -0.336 e. The number of carbonyl (C=O) groups is 1. The normalized spacial score (nSPS) is 17.9. The second-order valence-corrected chi connectivity index (χ2v) is 8.33. The molecule has 1 aromatic rings. The molecule has 1 fully saturated rings. The lowest BCUT2D eigenvalue weighted by molar-refractivity contribution is -0.161. The van der Waals surface area contributed by atoms with Crippen molar-refractivity contribution >= 4 is 5.91 Å². The summed E-state index contributed by atoms with van der Waals surface area (Å²) in [5.74, 6) is -0.329. The number of hydrogen-bond donors (Lipinski definition) is 2. The van der Waals surface area contributed by atoms with Crippen LogP contribution in [0.1, 0.15) is 70.0 Å². The highest BCUT2D eigenvalue weighted by Gasteiger charge is 2.47. The number of carbonyl (C=O) groups excluding carboxylic acids is 1. The highest BCUT2D eigenvalue weighted by molar-refractivity contribution is 5.83. The van der Waals surface area contributed by atoms with Crippen molar-refractivity contribution in [2.45, 2.75) is 76.7 Å². The molecule has 0 unspecified atom stereocenters. The molecule has 1 aromatic carbocycles. The molecule has 0 spiro atoms. The van der Waals surface area contributed by atoms with E-state index in [4.69, 9.17) is 5.26 Å². The van der Waals surface area contributed by atoms with Crippen LogP contribution in [0.2, 0.25) is 0 Å². The van der Waals surface area contributed by atoms with E-state index in [0.717, 1.165) is 5.56 Å². The Kier molecular flexibility index (Phi) is 6.76. The molecule has 28 heavy (non-hydrogen) atoms. The Balaban J connectivity index is 2.25. The van der Waals surface area contributed by atoms with Crippen molar-refractivity contribution in [1.82, 2.24) is 10.6 Å². The number of nitrogens with one attached hydrogen (secondary N) is 2. The van der Waals surface area contributed by atoms with Gasteiger partial charge >= 0.3 is 6.18 Å². The molecule has 0 bridgehead atoms. The first-order chi connectivity index (χ1) is 13.0. The van der Waals surface area contributed by atoms with Crippen molar-refractivity contribution in [3.8, 4) is 6.07 Å². The Labute approximate surface area is 164 Å². The average Bonchev–Trinajstić information content (AvgIpc) is 3.37. The molecule has 1 aliphatic carbocycles. The van der Waals surface area contributed by atoms with Gasteiger partial charge < -0.3 is 5.32 Å². The van der Waals surface area contributed by atoms with Crippen molar-refractivity contribution in [2.24, 2.45) is 5.92 Å². The first-order valence-corrected chi connectivity index (χ1v) is 9.63. The van der Waals surface area contributed by atoms with E-state index >= 15 is 0 Å². The van der Waals surface area contributed by atoms with E-state index < -0.39 is 29.7 Å². The number of halogens is 3. The highest BCUT2D eigenvalue weighted by Crippen LogP contribution is 2.36. The van der Waals surface area contributed by atoms with Gasteiger partial charge in [-0.1, -0.05) is 52.0 Å². The Bertz CT molecular complexity index is 716. The molecule has 7 heteroatoms. The molecule has 0 aromatic heterocycles. The summed E-state index contributed by atoms with van der Waals surface area (Å²) in [6.07, 6.45) is -3.25. The van der Waals surface area contributed by atoms with Gasteiger partial charge in [-0.25, -0.2) is 0 Å². The SMILES string of the molecule is CC(C)C[C@H](N[C@@H](c1ccc(C(C)C)cc1)C(F)(F)F)C(=O)NC1(C#N)CC1. The molecule has 4 nitrogen and oxygen atoms in total. The molecule has 1 amide bonds. The fourth-order valence-corrected chi connectivity index (χ4v) is 3.09. The molecular weight excluding hydrogens is 367 g/mol. The lowest BCUT2D eigenvalue weighted by atomic mass is 9.96. The van der Waals surface area contributed by atoms with Crippen molar-refractivity contribution in [2.75, 3.05) is 0 Å². The molecular formula is C21H28F3N3O. The first kappa shape index (κ1) is 22.2. The number of benzene rings is 1. The number of alkyl halides is 3. The molecule has 1 aliphatic rings. The maximum atomic E-state index is 13.8. The van der Waals surface area contributed by atoms with Crippen LogP contribution < -0.4 is 10.6 Å². The van der Waals surface area contributed by atoms with E-state index in [1.807, 2.05) is 33.8 Å². The van der Waals surface area contributed by atoms with Gasteiger partial charge in [0.25, 0.3) is 0 Å². The lowest BCUT2D eigenvalue weighted by Crippen LogP contribution is -2.52. The number of nitrogens with zero attached hydrogens (tertiary/aromatic N) is 1. The monoisotopic (exact) mass is 395 g/mol. The summed E-state index contributed by atoms with van der Waals surface area (Å²) >= 11 is 0. The molecule has 2 rings (SSSR count). The maximum absolute atomic E-state index is 13.8. The summed E-state index contributed by atoms with van der Waals surface area (Å²) in [6, 6.07) is 5.34. The third kappa shape index (κ3) is 5.71. The van der Waals surface area contributed by atoms with Crippen molar-refractivity contribution < 1.29 is 18.0 Å². The van der Waals surface area contributed by atoms with E-state index in [2.05, 4.69) is 10.6 Å². The van der Waals surface area contributed by atoms with Gasteiger partial charge in [0.15, 0.2) is 0 Å². The van der Waals surface area contributed by atoms with Crippen LogP contribution in [0.3, 0.4) is 0 Å². The topological polar surface area (TPSA) is 64.9 Å². The van der Waals surface area contributed by atoms with Crippen LogP contribution in [0.5, 0.6) is 0 Å². The predicted molar refractivity (Wildman–Crippen MR) is 101 cm³/mol. The number of nitriles is 1. The van der Waals surface area contributed by atoms with Crippen LogP contribution in [-0.4, -0.2) is 23.7 Å². The minimum absolute atomic E-state index is 0.0117. The fraction of sp³-hybridized carbons (Fsp3) is 0.619. The van der Waals surface area contributed by atoms with Crippen LogP contribution in [0.15, 0.2) is 24.3 Å². The first-order valence-electron chi connectivity index (χ1n) is 9.63. The largest absolute Gasteiger partial charge is 0.407 e. The standard InChI is InChI=1S/C21H28F3N3O/c1-13(2)11-17(19(28)27-20(12-25)9-10-20)26-18(21(22,23)24)16-7-5-15(6-8-16)14(3)4/h5-8,13-14,17-18,26H,9-11H2,1-4H3,(H,27,28)/t17-,18-/m0/s1. The molecule has 154 valence electrons.